The molecule has 0 aromatic carbocycles. The number of hydrogen-bond donors (Lipinski definition) is 2. The minimum atomic E-state index is -0.688. The average molecular weight is 221 g/mol. The molecule has 2 N–H and O–H groups in total. The highest BCUT2D eigenvalue weighted by molar-refractivity contribution is 5.36. The number of rotatable bonds is 0. The van der Waals surface area contributed by atoms with Gasteiger partial charge in [0, 0.05) is 17.3 Å². The van der Waals surface area contributed by atoms with E-state index in [0.717, 1.165) is 6.07 Å². The molecule has 2 unspecified atom stereocenters. The molecule has 4 heteroatoms. The smallest absolute Gasteiger partial charge is 0.296 e. The first-order chi connectivity index (χ1) is 7.49. The molecule has 4 nitrogen and oxygen atoms in total. The molecule has 1 aliphatic carbocycles. The van der Waals surface area contributed by atoms with Gasteiger partial charge in [0.25, 0.3) is 5.56 Å². The lowest BCUT2D eigenvalue weighted by atomic mass is 9.80. The first kappa shape index (κ1) is 10.9. The largest absolute Gasteiger partial charge is 0.507 e. The van der Waals surface area contributed by atoms with Crippen LogP contribution in [0, 0.1) is 11.8 Å². The third kappa shape index (κ3) is 1.75. The molecule has 2 atom stereocenters. The van der Waals surface area contributed by atoms with Crippen molar-refractivity contribution in [1.82, 2.24) is 4.98 Å². The number of fused-ring (bicyclic) bond motifs is 1. The van der Waals surface area contributed by atoms with Gasteiger partial charge in [-0.25, -0.2) is 0 Å². The van der Waals surface area contributed by atoms with E-state index in [9.17, 15) is 14.7 Å². The lowest BCUT2D eigenvalue weighted by Crippen LogP contribution is -2.26. The van der Waals surface area contributed by atoms with Crippen LogP contribution in [0.15, 0.2) is 15.7 Å². The Bertz CT molecular complexity index is 533. The lowest BCUT2D eigenvalue weighted by Gasteiger charge is -2.26. The first-order valence-electron chi connectivity index (χ1n) is 5.47. The molecule has 2 rings (SSSR count). The summed E-state index contributed by atoms with van der Waals surface area (Å²) in [7, 11) is 0. The summed E-state index contributed by atoms with van der Waals surface area (Å²) < 4.78 is 0. The Balaban J connectivity index is 2.70. The molecule has 1 heterocycles. The van der Waals surface area contributed by atoms with Gasteiger partial charge in [-0.15, -0.1) is 0 Å². The van der Waals surface area contributed by atoms with E-state index in [1.54, 1.807) is 0 Å². The third-order valence-corrected chi connectivity index (χ3v) is 3.45. The summed E-state index contributed by atoms with van der Waals surface area (Å²) >= 11 is 0. The van der Waals surface area contributed by atoms with E-state index in [1.165, 1.54) is 0 Å². The zero-order chi connectivity index (χ0) is 11.9. The van der Waals surface area contributed by atoms with E-state index in [4.69, 9.17) is 0 Å². The van der Waals surface area contributed by atoms with Gasteiger partial charge in [-0.05, 0) is 24.7 Å². The summed E-state index contributed by atoms with van der Waals surface area (Å²) in [5, 5.41) is 9.77. The van der Waals surface area contributed by atoms with Crippen LogP contribution < -0.4 is 11.0 Å². The van der Waals surface area contributed by atoms with E-state index in [1.807, 2.05) is 0 Å². The predicted molar refractivity (Wildman–Crippen MR) is 60.7 cm³/mol. The van der Waals surface area contributed by atoms with Crippen LogP contribution in [-0.2, 0) is 12.8 Å². The number of aromatic nitrogens is 1. The number of aromatic hydroxyl groups is 1. The molecule has 1 aromatic heterocycles. The second-order valence-corrected chi connectivity index (χ2v) is 4.67. The SMILES string of the molecule is CC1Cc2[nH]c(=O)c(=O)cc(O)c2CC1C. The molecule has 0 saturated carbocycles. The van der Waals surface area contributed by atoms with Crippen LogP contribution >= 0.6 is 0 Å². The van der Waals surface area contributed by atoms with Crippen molar-refractivity contribution in [2.24, 2.45) is 11.8 Å². The van der Waals surface area contributed by atoms with Crippen LogP contribution in [0.3, 0.4) is 0 Å². The van der Waals surface area contributed by atoms with E-state index in [2.05, 4.69) is 18.8 Å². The second kappa shape index (κ2) is 3.77. The molecule has 1 aromatic rings. The minimum absolute atomic E-state index is 0.0582. The lowest BCUT2D eigenvalue weighted by molar-refractivity contribution is 0.347. The highest BCUT2D eigenvalue weighted by atomic mass is 16.3. The molecule has 0 aliphatic heterocycles. The number of aromatic amines is 1. The van der Waals surface area contributed by atoms with E-state index in [0.29, 0.717) is 35.9 Å². The van der Waals surface area contributed by atoms with Gasteiger partial charge in [-0.3, -0.25) is 9.59 Å². The Morgan fingerprint density at radius 2 is 1.88 bits per heavy atom. The molecule has 16 heavy (non-hydrogen) atoms. The van der Waals surface area contributed by atoms with Crippen molar-refractivity contribution in [3.8, 4) is 5.75 Å². The molecular formula is C12H15NO3. The molecule has 0 saturated heterocycles. The van der Waals surface area contributed by atoms with Crippen molar-refractivity contribution in [3.63, 3.8) is 0 Å². The summed E-state index contributed by atoms with van der Waals surface area (Å²) in [4.78, 5) is 25.2. The summed E-state index contributed by atoms with van der Waals surface area (Å²) in [6.45, 7) is 4.21. The maximum absolute atomic E-state index is 11.4. The molecule has 0 amide bonds. The van der Waals surface area contributed by atoms with Gasteiger partial charge in [0.1, 0.15) is 5.75 Å². The Morgan fingerprint density at radius 1 is 1.25 bits per heavy atom. The van der Waals surface area contributed by atoms with Gasteiger partial charge in [-0.1, -0.05) is 13.8 Å². The van der Waals surface area contributed by atoms with Crippen LogP contribution in [0.25, 0.3) is 0 Å². The molecule has 0 radical (unpaired) electrons. The summed E-state index contributed by atoms with van der Waals surface area (Å²) in [5.41, 5.74) is 0.0745. The molecule has 0 fully saturated rings. The van der Waals surface area contributed by atoms with Crippen molar-refractivity contribution in [3.05, 3.63) is 37.9 Å². The van der Waals surface area contributed by atoms with Crippen LogP contribution in [0.2, 0.25) is 0 Å². The van der Waals surface area contributed by atoms with Crippen LogP contribution in [-0.4, -0.2) is 10.1 Å². The number of hydrogen-bond acceptors (Lipinski definition) is 3. The third-order valence-electron chi connectivity index (χ3n) is 3.45. The van der Waals surface area contributed by atoms with Crippen molar-refractivity contribution in [2.75, 3.05) is 0 Å². The van der Waals surface area contributed by atoms with Gasteiger partial charge < -0.3 is 10.1 Å². The fourth-order valence-electron chi connectivity index (χ4n) is 2.15. The molecule has 1 aliphatic rings. The molecule has 0 spiro atoms. The van der Waals surface area contributed by atoms with Gasteiger partial charge >= 0.3 is 0 Å². The topological polar surface area (TPSA) is 70.2 Å². The highest BCUT2D eigenvalue weighted by Gasteiger charge is 2.24. The first-order valence-corrected chi connectivity index (χ1v) is 5.47. The van der Waals surface area contributed by atoms with Crippen molar-refractivity contribution < 1.29 is 5.11 Å². The zero-order valence-corrected chi connectivity index (χ0v) is 9.41. The maximum atomic E-state index is 11.4. The normalized spacial score (nSPS) is 23.9. The Morgan fingerprint density at radius 3 is 2.56 bits per heavy atom. The quantitative estimate of drug-likeness (QED) is 0.637. The fourth-order valence-corrected chi connectivity index (χ4v) is 2.15. The van der Waals surface area contributed by atoms with E-state index < -0.39 is 11.0 Å². The minimum Gasteiger partial charge on any atom is -0.507 e. The number of nitrogens with one attached hydrogen (secondary N) is 1. The average Bonchev–Trinajstić information content (AvgIpc) is 2.30. The fraction of sp³-hybridized carbons (Fsp3) is 0.500. The Labute approximate surface area is 93.0 Å². The van der Waals surface area contributed by atoms with E-state index >= 15 is 0 Å². The predicted octanol–water partition coefficient (Wildman–Crippen LogP) is 0.811. The van der Waals surface area contributed by atoms with Gasteiger partial charge in [0.15, 0.2) is 0 Å². The van der Waals surface area contributed by atoms with Crippen LogP contribution in [0.5, 0.6) is 5.75 Å². The standard InChI is InChI=1S/C12H15NO3/c1-6-3-8-9(4-7(6)2)13-12(16)11(15)5-10(8)14/h5-7,14H,3-4H2,1-2H3,(H,13,15,16). The number of H-pyrrole nitrogens is 1. The second-order valence-electron chi connectivity index (χ2n) is 4.67. The molecular weight excluding hydrogens is 206 g/mol. The van der Waals surface area contributed by atoms with Gasteiger partial charge in [0.05, 0.1) is 0 Å². The zero-order valence-electron chi connectivity index (χ0n) is 9.41. The van der Waals surface area contributed by atoms with Crippen LogP contribution in [0.1, 0.15) is 25.1 Å². The molecule has 0 bridgehead atoms. The van der Waals surface area contributed by atoms with Gasteiger partial charge in [-0.2, -0.15) is 0 Å². The van der Waals surface area contributed by atoms with Crippen molar-refractivity contribution >= 4 is 0 Å². The van der Waals surface area contributed by atoms with Crippen molar-refractivity contribution in [1.29, 1.82) is 0 Å². The summed E-state index contributed by atoms with van der Waals surface area (Å²) in [6, 6.07) is 1.01. The Hall–Kier alpha value is -1.58. The maximum Gasteiger partial charge on any atom is 0.296 e. The van der Waals surface area contributed by atoms with Crippen molar-refractivity contribution in [2.45, 2.75) is 26.7 Å². The van der Waals surface area contributed by atoms with Gasteiger partial charge in [0.2, 0.25) is 5.43 Å². The summed E-state index contributed by atoms with van der Waals surface area (Å²) in [6.07, 6.45) is 1.40. The highest BCUT2D eigenvalue weighted by Crippen LogP contribution is 2.31. The Kier molecular flexibility index (Phi) is 2.58. The van der Waals surface area contributed by atoms with E-state index in [-0.39, 0.29) is 5.75 Å². The molecule has 86 valence electrons. The monoisotopic (exact) mass is 221 g/mol. The van der Waals surface area contributed by atoms with Crippen LogP contribution in [0.4, 0.5) is 0 Å². The summed E-state index contributed by atoms with van der Waals surface area (Å²) in [5.74, 6) is 0.830.